The minimum absolute atomic E-state index is 0.131. The van der Waals surface area contributed by atoms with Crippen LogP contribution < -0.4 is 0 Å². The maximum absolute atomic E-state index is 10.8. The molecule has 0 atom stereocenters. The van der Waals surface area contributed by atoms with Crippen molar-refractivity contribution in [1.82, 2.24) is 0 Å². The highest BCUT2D eigenvalue weighted by molar-refractivity contribution is 6.60. The summed E-state index contributed by atoms with van der Waals surface area (Å²) in [5, 5.41) is 25.3. The van der Waals surface area contributed by atoms with Crippen LogP contribution in [0.1, 0.15) is 18.9 Å². The van der Waals surface area contributed by atoms with Gasteiger partial charge in [0, 0.05) is 44.6 Å². The lowest BCUT2D eigenvalue weighted by atomic mass is 9.92. The van der Waals surface area contributed by atoms with Crippen molar-refractivity contribution in [3.63, 3.8) is 0 Å². The number of phenols is 2. The summed E-state index contributed by atoms with van der Waals surface area (Å²) in [6, 6.07) is 21.7. The highest BCUT2D eigenvalue weighted by Crippen LogP contribution is 2.44. The smallest absolute Gasteiger partial charge is 0.500 e. The molecule has 0 unspecified atom stereocenters. The van der Waals surface area contributed by atoms with Crippen LogP contribution in [0, 0.1) is 0 Å². The molecular formula is C28H32O6Si. The van der Waals surface area contributed by atoms with Crippen LogP contribution in [0.25, 0.3) is 32.7 Å². The first-order valence-corrected chi connectivity index (χ1v) is 13.7. The Hall–Kier alpha value is -2.94. The van der Waals surface area contributed by atoms with Gasteiger partial charge in [-0.25, -0.2) is 0 Å². The topological polar surface area (TPSA) is 77.4 Å². The Morgan fingerprint density at radius 1 is 0.771 bits per heavy atom. The van der Waals surface area contributed by atoms with Gasteiger partial charge in [0.05, 0.1) is 6.61 Å². The molecule has 0 aromatic heterocycles. The molecule has 35 heavy (non-hydrogen) atoms. The lowest BCUT2D eigenvalue weighted by Gasteiger charge is -2.25. The van der Waals surface area contributed by atoms with Gasteiger partial charge in [0.2, 0.25) is 0 Å². The lowest BCUT2D eigenvalue weighted by Crippen LogP contribution is -2.43. The van der Waals surface area contributed by atoms with Gasteiger partial charge in [-0.15, -0.1) is 0 Å². The Bertz CT molecular complexity index is 1300. The van der Waals surface area contributed by atoms with Crippen LogP contribution in [0.4, 0.5) is 0 Å². The predicted octanol–water partition coefficient (Wildman–Crippen LogP) is 6.25. The Balaban J connectivity index is 1.53. The van der Waals surface area contributed by atoms with Crippen molar-refractivity contribution in [3.05, 3.63) is 72.3 Å². The van der Waals surface area contributed by atoms with Gasteiger partial charge < -0.3 is 28.2 Å². The van der Waals surface area contributed by atoms with Gasteiger partial charge in [0.25, 0.3) is 0 Å². The van der Waals surface area contributed by atoms with Crippen LogP contribution in [-0.4, -0.2) is 46.5 Å². The molecule has 4 aromatic carbocycles. The zero-order valence-electron chi connectivity index (χ0n) is 20.4. The lowest BCUT2D eigenvalue weighted by molar-refractivity contribution is 0.0904. The predicted molar refractivity (Wildman–Crippen MR) is 141 cm³/mol. The summed E-state index contributed by atoms with van der Waals surface area (Å²) in [7, 11) is 0.659. The number of fused-ring (bicyclic) bond motifs is 2. The summed E-state index contributed by atoms with van der Waals surface area (Å²) >= 11 is 0. The van der Waals surface area contributed by atoms with Crippen LogP contribution >= 0.6 is 0 Å². The van der Waals surface area contributed by atoms with Crippen molar-refractivity contribution >= 4 is 30.3 Å². The van der Waals surface area contributed by atoms with Gasteiger partial charge in [0.1, 0.15) is 11.5 Å². The third kappa shape index (κ3) is 5.34. The van der Waals surface area contributed by atoms with Crippen molar-refractivity contribution in [2.75, 3.05) is 27.4 Å². The van der Waals surface area contributed by atoms with E-state index < -0.39 is 8.80 Å². The van der Waals surface area contributed by atoms with Gasteiger partial charge in [-0.05, 0) is 58.7 Å². The summed E-state index contributed by atoms with van der Waals surface area (Å²) in [6.45, 7) is 3.52. The fraction of sp³-hybridized carbons (Fsp3) is 0.286. The second kappa shape index (κ2) is 11.2. The van der Waals surface area contributed by atoms with Crippen molar-refractivity contribution < 1.29 is 28.2 Å². The number of benzene rings is 4. The minimum atomic E-state index is -2.60. The molecule has 0 aliphatic heterocycles. The molecule has 6 nitrogen and oxygen atoms in total. The van der Waals surface area contributed by atoms with Crippen LogP contribution in [0.2, 0.25) is 6.04 Å². The molecule has 0 saturated carbocycles. The zero-order chi connectivity index (χ0) is 24.8. The highest BCUT2D eigenvalue weighted by Gasteiger charge is 2.37. The average molecular weight is 493 g/mol. The number of hydrogen-bond donors (Lipinski definition) is 2. The second-order valence-electron chi connectivity index (χ2n) is 8.38. The van der Waals surface area contributed by atoms with Crippen LogP contribution in [0.5, 0.6) is 11.5 Å². The SMILES string of the molecule is CCO[Si](CCCOCc1ccc2c(-c3c(O)ccc4ccccc34)c(O)ccc2c1)(OC)OC. The third-order valence-electron chi connectivity index (χ3n) is 6.25. The Labute approximate surface area is 207 Å². The molecule has 0 fully saturated rings. The fourth-order valence-electron chi connectivity index (χ4n) is 4.52. The van der Waals surface area contributed by atoms with Crippen LogP contribution in [0.15, 0.2) is 66.7 Å². The van der Waals surface area contributed by atoms with Gasteiger partial charge in [-0.1, -0.05) is 48.5 Å². The quantitative estimate of drug-likeness (QED) is 0.190. The summed E-state index contributed by atoms with van der Waals surface area (Å²) in [5.74, 6) is 0.268. The van der Waals surface area contributed by atoms with Crippen molar-refractivity contribution in [2.45, 2.75) is 26.0 Å². The number of aromatic hydroxyl groups is 2. The van der Waals surface area contributed by atoms with E-state index in [1.807, 2.05) is 55.5 Å². The van der Waals surface area contributed by atoms with E-state index in [9.17, 15) is 10.2 Å². The van der Waals surface area contributed by atoms with Crippen LogP contribution in [-0.2, 0) is 24.6 Å². The molecule has 4 rings (SSSR count). The van der Waals surface area contributed by atoms with Crippen molar-refractivity contribution in [1.29, 1.82) is 0 Å². The van der Waals surface area contributed by atoms with Crippen LogP contribution in [0.3, 0.4) is 0 Å². The molecule has 184 valence electrons. The first-order valence-electron chi connectivity index (χ1n) is 11.8. The largest absolute Gasteiger partial charge is 0.507 e. The maximum Gasteiger partial charge on any atom is 0.500 e. The Morgan fingerprint density at radius 3 is 2.11 bits per heavy atom. The molecule has 0 radical (unpaired) electrons. The van der Waals surface area contributed by atoms with Crippen molar-refractivity contribution in [2.24, 2.45) is 0 Å². The first kappa shape index (κ1) is 25.2. The van der Waals surface area contributed by atoms with Gasteiger partial charge in [-0.2, -0.15) is 0 Å². The summed E-state index contributed by atoms with van der Waals surface area (Å²) < 4.78 is 22.7. The van der Waals surface area contributed by atoms with E-state index in [0.717, 1.165) is 33.5 Å². The molecule has 0 aliphatic rings. The summed E-state index contributed by atoms with van der Waals surface area (Å²) in [5.41, 5.74) is 2.29. The van der Waals surface area contributed by atoms with Gasteiger partial charge in [0.15, 0.2) is 0 Å². The van der Waals surface area contributed by atoms with E-state index in [2.05, 4.69) is 6.07 Å². The van der Waals surface area contributed by atoms with Gasteiger partial charge in [-0.3, -0.25) is 0 Å². The number of hydrogen-bond acceptors (Lipinski definition) is 6. The van der Waals surface area contributed by atoms with Gasteiger partial charge >= 0.3 is 8.80 Å². The van der Waals surface area contributed by atoms with E-state index >= 15 is 0 Å². The fourth-order valence-corrected chi connectivity index (χ4v) is 6.49. The normalized spacial score (nSPS) is 12.0. The Morgan fingerprint density at radius 2 is 1.43 bits per heavy atom. The molecular weight excluding hydrogens is 460 g/mol. The van der Waals surface area contributed by atoms with Crippen molar-refractivity contribution in [3.8, 4) is 22.6 Å². The highest BCUT2D eigenvalue weighted by atomic mass is 28.4. The third-order valence-corrected chi connectivity index (χ3v) is 9.18. The maximum atomic E-state index is 10.8. The Kier molecular flexibility index (Phi) is 8.05. The molecule has 2 N–H and O–H groups in total. The molecule has 0 aliphatic carbocycles. The number of ether oxygens (including phenoxy) is 1. The number of phenolic OH excluding ortho intramolecular Hbond substituents is 2. The van der Waals surface area contributed by atoms with E-state index in [1.165, 1.54) is 0 Å². The van der Waals surface area contributed by atoms with E-state index in [-0.39, 0.29) is 11.5 Å². The summed E-state index contributed by atoms with van der Waals surface area (Å²) in [4.78, 5) is 0. The van der Waals surface area contributed by atoms with E-state index in [1.54, 1.807) is 26.4 Å². The van der Waals surface area contributed by atoms with E-state index in [0.29, 0.717) is 37.0 Å². The molecule has 0 heterocycles. The molecule has 0 spiro atoms. The molecule has 7 heteroatoms. The standard InChI is InChI=1S/C28H32O6Si/c1-4-34-35(31-2,32-3)17-7-16-33-19-20-10-13-24-22(18-20)12-15-26(30)28(24)27-23-9-6-5-8-21(23)11-14-25(27)29/h5-6,8-15,18,29-30H,4,7,16-17,19H2,1-3H3. The first-order chi connectivity index (χ1) is 17.0. The second-order valence-corrected chi connectivity index (χ2v) is 11.3. The molecule has 0 saturated heterocycles. The average Bonchev–Trinajstić information content (AvgIpc) is 2.88. The monoisotopic (exact) mass is 492 g/mol. The number of rotatable bonds is 11. The summed E-state index contributed by atoms with van der Waals surface area (Å²) in [6.07, 6.45) is 0.778. The zero-order valence-corrected chi connectivity index (χ0v) is 21.4. The molecule has 4 aromatic rings. The molecule has 0 amide bonds. The minimum Gasteiger partial charge on any atom is -0.507 e. The van der Waals surface area contributed by atoms with E-state index in [4.69, 9.17) is 18.0 Å². The molecule has 0 bridgehead atoms.